The van der Waals surface area contributed by atoms with E-state index in [2.05, 4.69) is 57.6 Å². The van der Waals surface area contributed by atoms with E-state index in [1.54, 1.807) is 0 Å². The van der Waals surface area contributed by atoms with Gasteiger partial charge in [-0.25, -0.2) is 0 Å². The highest BCUT2D eigenvalue weighted by Crippen LogP contribution is 2.14. The van der Waals surface area contributed by atoms with Crippen molar-refractivity contribution in [1.29, 1.82) is 0 Å². The summed E-state index contributed by atoms with van der Waals surface area (Å²) in [5.74, 6) is 0. The van der Waals surface area contributed by atoms with Gasteiger partial charge in [0.2, 0.25) is 0 Å². The van der Waals surface area contributed by atoms with Gasteiger partial charge in [-0.2, -0.15) is 0 Å². The van der Waals surface area contributed by atoms with Crippen molar-refractivity contribution < 1.29 is 0 Å². The molecule has 0 aliphatic carbocycles. The van der Waals surface area contributed by atoms with Gasteiger partial charge in [0.05, 0.1) is 0 Å². The molecule has 0 atom stereocenters. The lowest BCUT2D eigenvalue weighted by molar-refractivity contribution is 1.02. The average Bonchev–Trinajstić information content (AvgIpc) is 2.33. The molecule has 2 aromatic rings. The fourth-order valence-corrected chi connectivity index (χ4v) is 1.83. The van der Waals surface area contributed by atoms with Crippen LogP contribution in [0.4, 0.5) is 5.69 Å². The zero-order chi connectivity index (χ0) is 11.2. The fourth-order valence-electron chi connectivity index (χ4n) is 1.56. The van der Waals surface area contributed by atoms with Crippen molar-refractivity contribution in [2.45, 2.75) is 6.42 Å². The molecule has 0 heterocycles. The van der Waals surface area contributed by atoms with Crippen molar-refractivity contribution in [2.75, 3.05) is 11.9 Å². The van der Waals surface area contributed by atoms with E-state index >= 15 is 0 Å². The van der Waals surface area contributed by atoms with Gasteiger partial charge in [0.1, 0.15) is 0 Å². The number of rotatable bonds is 4. The van der Waals surface area contributed by atoms with Crippen LogP contribution in [0, 0.1) is 0 Å². The van der Waals surface area contributed by atoms with Gasteiger partial charge in [-0.15, -0.1) is 0 Å². The first-order valence-corrected chi connectivity index (χ1v) is 6.17. The average molecular weight is 276 g/mol. The van der Waals surface area contributed by atoms with Crippen LogP contribution in [0.1, 0.15) is 5.56 Å². The smallest absolute Gasteiger partial charge is 0.0341 e. The van der Waals surface area contributed by atoms with Crippen molar-refractivity contribution in [2.24, 2.45) is 0 Å². The van der Waals surface area contributed by atoms with Gasteiger partial charge < -0.3 is 5.32 Å². The molecule has 0 saturated heterocycles. The Morgan fingerprint density at radius 2 is 1.56 bits per heavy atom. The molecule has 0 fully saturated rings. The lowest BCUT2D eigenvalue weighted by Crippen LogP contribution is -2.04. The Morgan fingerprint density at radius 1 is 0.875 bits per heavy atom. The summed E-state index contributed by atoms with van der Waals surface area (Å²) >= 11 is 3.42. The highest BCUT2D eigenvalue weighted by Gasteiger charge is 1.93. The number of hydrogen-bond acceptors (Lipinski definition) is 1. The van der Waals surface area contributed by atoms with Crippen molar-refractivity contribution >= 4 is 21.6 Å². The Bertz CT molecular complexity index is 422. The number of hydrogen-bond donors (Lipinski definition) is 1. The summed E-state index contributed by atoms with van der Waals surface area (Å²) in [7, 11) is 0. The Labute approximate surface area is 105 Å². The summed E-state index contributed by atoms with van der Waals surface area (Å²) in [6, 6.07) is 18.8. The maximum Gasteiger partial charge on any atom is 0.0341 e. The van der Waals surface area contributed by atoms with Crippen LogP contribution in [-0.2, 0) is 6.42 Å². The molecule has 2 heteroatoms. The predicted molar refractivity (Wildman–Crippen MR) is 72.8 cm³/mol. The van der Waals surface area contributed by atoms with E-state index in [0.717, 1.165) is 17.4 Å². The molecule has 0 unspecified atom stereocenters. The van der Waals surface area contributed by atoms with Crippen LogP contribution in [0.15, 0.2) is 59.1 Å². The summed E-state index contributed by atoms with van der Waals surface area (Å²) in [5, 5.41) is 3.40. The molecule has 0 aliphatic rings. The highest BCUT2D eigenvalue weighted by molar-refractivity contribution is 9.10. The SMILES string of the molecule is Brc1ccc(NCCc2ccccc2)cc1. The lowest BCUT2D eigenvalue weighted by Gasteiger charge is -2.06. The molecule has 2 rings (SSSR count). The van der Waals surface area contributed by atoms with Crippen LogP contribution < -0.4 is 5.32 Å². The summed E-state index contributed by atoms with van der Waals surface area (Å²) < 4.78 is 1.11. The zero-order valence-electron chi connectivity index (χ0n) is 8.99. The molecule has 82 valence electrons. The van der Waals surface area contributed by atoms with E-state index in [0.29, 0.717) is 0 Å². The van der Waals surface area contributed by atoms with Gasteiger partial charge in [-0.3, -0.25) is 0 Å². The quantitative estimate of drug-likeness (QED) is 0.886. The van der Waals surface area contributed by atoms with Gasteiger partial charge in [-0.1, -0.05) is 46.3 Å². The van der Waals surface area contributed by atoms with Crippen LogP contribution in [0.2, 0.25) is 0 Å². The first-order chi connectivity index (χ1) is 7.84. The van der Waals surface area contributed by atoms with Crippen LogP contribution in [-0.4, -0.2) is 6.54 Å². The first kappa shape index (κ1) is 11.2. The van der Waals surface area contributed by atoms with E-state index < -0.39 is 0 Å². The van der Waals surface area contributed by atoms with Crippen LogP contribution in [0.3, 0.4) is 0 Å². The minimum Gasteiger partial charge on any atom is -0.385 e. The second kappa shape index (κ2) is 5.71. The molecule has 1 N–H and O–H groups in total. The van der Waals surface area contributed by atoms with Crippen LogP contribution in [0.5, 0.6) is 0 Å². The monoisotopic (exact) mass is 275 g/mol. The second-order valence-corrected chi connectivity index (χ2v) is 4.58. The molecular weight excluding hydrogens is 262 g/mol. The number of nitrogens with one attached hydrogen (secondary N) is 1. The van der Waals surface area contributed by atoms with Crippen molar-refractivity contribution in [1.82, 2.24) is 0 Å². The van der Waals surface area contributed by atoms with Crippen molar-refractivity contribution in [3.05, 3.63) is 64.6 Å². The van der Waals surface area contributed by atoms with Gasteiger partial charge in [0.25, 0.3) is 0 Å². The zero-order valence-corrected chi connectivity index (χ0v) is 10.6. The van der Waals surface area contributed by atoms with Crippen molar-refractivity contribution in [3.63, 3.8) is 0 Å². The van der Waals surface area contributed by atoms with Gasteiger partial charge in [0.15, 0.2) is 0 Å². The highest BCUT2D eigenvalue weighted by atomic mass is 79.9. The number of anilines is 1. The standard InChI is InChI=1S/C14H14BrN/c15-13-6-8-14(9-7-13)16-11-10-12-4-2-1-3-5-12/h1-9,16H,10-11H2. The van der Waals surface area contributed by atoms with E-state index in [9.17, 15) is 0 Å². The Morgan fingerprint density at radius 3 is 2.25 bits per heavy atom. The lowest BCUT2D eigenvalue weighted by atomic mass is 10.1. The van der Waals surface area contributed by atoms with Crippen LogP contribution >= 0.6 is 15.9 Å². The minimum atomic E-state index is 0.964. The molecule has 0 saturated carbocycles. The van der Waals surface area contributed by atoms with Crippen LogP contribution in [0.25, 0.3) is 0 Å². The molecule has 0 aliphatic heterocycles. The first-order valence-electron chi connectivity index (χ1n) is 5.38. The minimum absolute atomic E-state index is 0.964. The third-order valence-corrected chi connectivity index (χ3v) is 2.96. The van der Waals surface area contributed by atoms with E-state index in [4.69, 9.17) is 0 Å². The largest absolute Gasteiger partial charge is 0.385 e. The molecule has 16 heavy (non-hydrogen) atoms. The number of benzene rings is 2. The third-order valence-electron chi connectivity index (χ3n) is 2.43. The molecule has 2 aromatic carbocycles. The van der Waals surface area contributed by atoms with Gasteiger partial charge in [-0.05, 0) is 36.2 Å². The van der Waals surface area contributed by atoms with E-state index in [1.807, 2.05) is 18.2 Å². The summed E-state index contributed by atoms with van der Waals surface area (Å²) in [4.78, 5) is 0. The summed E-state index contributed by atoms with van der Waals surface area (Å²) in [5.41, 5.74) is 2.53. The normalized spacial score (nSPS) is 10.1. The molecule has 0 amide bonds. The summed E-state index contributed by atoms with van der Waals surface area (Å²) in [6.07, 6.45) is 1.05. The molecule has 0 aromatic heterocycles. The molecule has 0 spiro atoms. The van der Waals surface area contributed by atoms with Gasteiger partial charge in [0, 0.05) is 16.7 Å². The van der Waals surface area contributed by atoms with Crippen molar-refractivity contribution in [3.8, 4) is 0 Å². The predicted octanol–water partition coefficient (Wildman–Crippen LogP) is 4.10. The third kappa shape index (κ3) is 3.38. The maximum absolute atomic E-state index is 3.42. The maximum atomic E-state index is 3.42. The molecule has 0 bridgehead atoms. The Hall–Kier alpha value is -1.28. The van der Waals surface area contributed by atoms with Gasteiger partial charge >= 0.3 is 0 Å². The Balaban J connectivity index is 1.82. The molecule has 1 nitrogen and oxygen atoms in total. The van der Waals surface area contributed by atoms with E-state index in [1.165, 1.54) is 11.3 Å². The van der Waals surface area contributed by atoms with E-state index in [-0.39, 0.29) is 0 Å². The summed E-state index contributed by atoms with van der Waals surface area (Å²) in [6.45, 7) is 0.964. The fraction of sp³-hybridized carbons (Fsp3) is 0.143. The second-order valence-electron chi connectivity index (χ2n) is 3.67. The Kier molecular flexibility index (Phi) is 4.00. The number of halogens is 1. The topological polar surface area (TPSA) is 12.0 Å². The molecular formula is C14H14BrN. The molecule has 0 radical (unpaired) electrons.